The molecular formula is C10H9F3N6O3. The average Bonchev–Trinajstić information content (AvgIpc) is 2.97. The number of aromatic nitrogens is 4. The summed E-state index contributed by atoms with van der Waals surface area (Å²) in [7, 11) is 0. The number of rotatable bonds is 4. The van der Waals surface area contributed by atoms with Gasteiger partial charge in [0.15, 0.2) is 5.69 Å². The first kappa shape index (κ1) is 15.5. The number of aryl methyl sites for hydroxylation is 1. The third-order valence-electron chi connectivity index (χ3n) is 2.62. The van der Waals surface area contributed by atoms with Crippen molar-refractivity contribution in [3.8, 4) is 0 Å². The Hall–Kier alpha value is -2.92. The normalized spacial score (nSPS) is 11.5. The van der Waals surface area contributed by atoms with Crippen LogP contribution in [0.4, 0.5) is 24.5 Å². The van der Waals surface area contributed by atoms with Crippen LogP contribution in [0.25, 0.3) is 0 Å². The zero-order chi connectivity index (χ0) is 16.5. The number of anilines is 1. The summed E-state index contributed by atoms with van der Waals surface area (Å²) in [6, 6.07) is 0. The summed E-state index contributed by atoms with van der Waals surface area (Å²) in [6.45, 7) is 0.840. The van der Waals surface area contributed by atoms with E-state index in [1.165, 1.54) is 6.92 Å². The molecule has 0 fully saturated rings. The molecule has 0 aliphatic rings. The largest absolute Gasteiger partial charge is 0.437 e. The first-order valence-corrected chi connectivity index (χ1v) is 5.77. The van der Waals surface area contributed by atoms with Gasteiger partial charge in [-0.1, -0.05) is 0 Å². The van der Waals surface area contributed by atoms with Crippen LogP contribution in [0.15, 0.2) is 12.4 Å². The van der Waals surface area contributed by atoms with Gasteiger partial charge in [-0.25, -0.2) is 0 Å². The molecule has 2 N–H and O–H groups in total. The number of nitrogens with zero attached hydrogens (tertiary/aromatic N) is 4. The number of nitro groups is 1. The molecule has 0 spiro atoms. The first-order valence-electron chi connectivity index (χ1n) is 5.77. The van der Waals surface area contributed by atoms with Crippen LogP contribution in [0, 0.1) is 17.0 Å². The highest BCUT2D eigenvalue weighted by molar-refractivity contribution is 5.91. The number of carbonyl (C=O) groups excluding carboxylic acids is 1. The lowest BCUT2D eigenvalue weighted by atomic mass is 10.3. The van der Waals surface area contributed by atoms with E-state index >= 15 is 0 Å². The van der Waals surface area contributed by atoms with Gasteiger partial charge in [0.2, 0.25) is 5.91 Å². The maximum atomic E-state index is 12.7. The van der Waals surface area contributed by atoms with E-state index in [0.29, 0.717) is 0 Å². The summed E-state index contributed by atoms with van der Waals surface area (Å²) in [5.41, 5.74) is -2.03. The smallest absolute Gasteiger partial charge is 0.321 e. The van der Waals surface area contributed by atoms with Gasteiger partial charge in [0.05, 0.1) is 16.3 Å². The Morgan fingerprint density at radius 2 is 2.23 bits per heavy atom. The summed E-state index contributed by atoms with van der Waals surface area (Å²) in [4.78, 5) is 21.5. The van der Waals surface area contributed by atoms with Gasteiger partial charge in [0.1, 0.15) is 18.9 Å². The second-order valence-electron chi connectivity index (χ2n) is 4.27. The van der Waals surface area contributed by atoms with E-state index in [2.05, 4.69) is 20.6 Å². The highest BCUT2D eigenvalue weighted by atomic mass is 19.4. The number of hydrogen-bond donors (Lipinski definition) is 2. The van der Waals surface area contributed by atoms with Gasteiger partial charge in [-0.15, -0.1) is 0 Å². The molecule has 2 aromatic rings. The third-order valence-corrected chi connectivity index (χ3v) is 2.62. The van der Waals surface area contributed by atoms with E-state index in [9.17, 15) is 28.1 Å². The quantitative estimate of drug-likeness (QED) is 0.653. The minimum Gasteiger partial charge on any atom is -0.321 e. The highest BCUT2D eigenvalue weighted by Crippen LogP contribution is 2.34. The molecule has 0 unspecified atom stereocenters. The molecule has 0 saturated heterocycles. The first-order chi connectivity index (χ1) is 10.2. The number of nitrogens with one attached hydrogen (secondary N) is 2. The fraction of sp³-hybridized carbons (Fsp3) is 0.300. The maximum Gasteiger partial charge on any atom is 0.437 e. The van der Waals surface area contributed by atoms with Crippen LogP contribution in [0.2, 0.25) is 0 Å². The van der Waals surface area contributed by atoms with Crippen molar-refractivity contribution in [2.24, 2.45) is 0 Å². The molecule has 22 heavy (non-hydrogen) atoms. The van der Waals surface area contributed by atoms with Gasteiger partial charge < -0.3 is 5.32 Å². The molecule has 0 atom stereocenters. The Labute approximate surface area is 120 Å². The average molecular weight is 318 g/mol. The molecule has 12 heteroatoms. The van der Waals surface area contributed by atoms with E-state index in [1.54, 1.807) is 0 Å². The monoisotopic (exact) mass is 318 g/mol. The van der Waals surface area contributed by atoms with Crippen molar-refractivity contribution in [3.05, 3.63) is 33.9 Å². The van der Waals surface area contributed by atoms with Crippen LogP contribution >= 0.6 is 0 Å². The molecule has 0 bridgehead atoms. The van der Waals surface area contributed by atoms with Gasteiger partial charge in [-0.2, -0.15) is 23.4 Å². The molecule has 9 nitrogen and oxygen atoms in total. The molecule has 2 aromatic heterocycles. The number of H-pyrrole nitrogens is 1. The molecule has 0 aliphatic heterocycles. The molecular weight excluding hydrogens is 309 g/mol. The number of halogens is 3. The Balaban J connectivity index is 2.12. The SMILES string of the molecule is Cc1[nH]nc(C(F)(F)F)c1NC(=O)Cn1cc([N+](=O)[O-])cn1. The molecule has 2 heterocycles. The number of hydrogen-bond acceptors (Lipinski definition) is 5. The van der Waals surface area contributed by atoms with E-state index in [0.717, 1.165) is 17.1 Å². The second-order valence-corrected chi connectivity index (χ2v) is 4.27. The van der Waals surface area contributed by atoms with Crippen molar-refractivity contribution >= 4 is 17.3 Å². The van der Waals surface area contributed by atoms with E-state index in [4.69, 9.17) is 0 Å². The lowest BCUT2D eigenvalue weighted by Crippen LogP contribution is -2.21. The molecule has 118 valence electrons. The summed E-state index contributed by atoms with van der Waals surface area (Å²) in [6.07, 6.45) is -2.80. The predicted octanol–water partition coefficient (Wildman–Crippen LogP) is 1.48. The van der Waals surface area contributed by atoms with E-state index in [1.807, 2.05) is 0 Å². The van der Waals surface area contributed by atoms with Crippen LogP contribution in [0.5, 0.6) is 0 Å². The highest BCUT2D eigenvalue weighted by Gasteiger charge is 2.38. The topological polar surface area (TPSA) is 119 Å². The number of amides is 1. The molecule has 0 aromatic carbocycles. The molecule has 1 amide bonds. The lowest BCUT2D eigenvalue weighted by Gasteiger charge is -2.08. The van der Waals surface area contributed by atoms with Crippen molar-refractivity contribution < 1.29 is 22.9 Å². The van der Waals surface area contributed by atoms with Crippen LogP contribution in [0.3, 0.4) is 0 Å². The van der Waals surface area contributed by atoms with Crippen LogP contribution < -0.4 is 5.32 Å². The minimum atomic E-state index is -4.72. The Bertz CT molecular complexity index is 720. The van der Waals surface area contributed by atoms with Gasteiger partial charge in [-0.3, -0.25) is 24.7 Å². The summed E-state index contributed by atoms with van der Waals surface area (Å²) >= 11 is 0. The fourth-order valence-corrected chi connectivity index (χ4v) is 1.65. The zero-order valence-corrected chi connectivity index (χ0v) is 11.0. The zero-order valence-electron chi connectivity index (χ0n) is 11.0. The summed E-state index contributed by atoms with van der Waals surface area (Å²) in [5, 5.41) is 21.3. The number of alkyl halides is 3. The predicted molar refractivity (Wildman–Crippen MR) is 65.8 cm³/mol. The van der Waals surface area contributed by atoms with Gasteiger partial charge >= 0.3 is 11.9 Å². The third kappa shape index (κ3) is 3.21. The fourth-order valence-electron chi connectivity index (χ4n) is 1.65. The van der Waals surface area contributed by atoms with Crippen molar-refractivity contribution in [2.75, 3.05) is 5.32 Å². The van der Waals surface area contributed by atoms with Crippen molar-refractivity contribution in [2.45, 2.75) is 19.6 Å². The second kappa shape index (κ2) is 5.46. The Kier molecular flexibility index (Phi) is 3.84. The van der Waals surface area contributed by atoms with E-state index < -0.39 is 34.9 Å². The number of carbonyl (C=O) groups is 1. The van der Waals surface area contributed by atoms with Gasteiger partial charge in [0.25, 0.3) is 0 Å². The van der Waals surface area contributed by atoms with Gasteiger partial charge in [-0.05, 0) is 6.92 Å². The summed E-state index contributed by atoms with van der Waals surface area (Å²) in [5.74, 6) is -0.826. The maximum absolute atomic E-state index is 12.7. The minimum absolute atomic E-state index is 0.0344. The Morgan fingerprint density at radius 3 is 2.77 bits per heavy atom. The van der Waals surface area contributed by atoms with Crippen molar-refractivity contribution in [1.82, 2.24) is 20.0 Å². The van der Waals surface area contributed by atoms with Crippen LogP contribution in [-0.2, 0) is 17.5 Å². The standard InChI is InChI=1S/C10H9F3N6O3/c1-5-8(9(17-16-5)10(11,12)13)15-7(20)4-18-3-6(2-14-18)19(21)22/h2-3H,4H2,1H3,(H,15,20)(H,16,17). The number of aromatic amines is 1. The Morgan fingerprint density at radius 1 is 1.55 bits per heavy atom. The van der Waals surface area contributed by atoms with E-state index in [-0.39, 0.29) is 11.4 Å². The molecule has 0 radical (unpaired) electrons. The molecule has 0 aliphatic carbocycles. The molecule has 0 saturated carbocycles. The molecule has 2 rings (SSSR count). The summed E-state index contributed by atoms with van der Waals surface area (Å²) < 4.78 is 39.1. The van der Waals surface area contributed by atoms with Crippen molar-refractivity contribution in [3.63, 3.8) is 0 Å². The van der Waals surface area contributed by atoms with Crippen LogP contribution in [-0.4, -0.2) is 30.8 Å². The van der Waals surface area contributed by atoms with Crippen LogP contribution in [0.1, 0.15) is 11.4 Å². The van der Waals surface area contributed by atoms with Gasteiger partial charge in [0, 0.05) is 0 Å². The lowest BCUT2D eigenvalue weighted by molar-refractivity contribution is -0.385. The van der Waals surface area contributed by atoms with Crippen molar-refractivity contribution in [1.29, 1.82) is 0 Å².